The molecule has 0 spiro atoms. The third kappa shape index (κ3) is 2.51. The second kappa shape index (κ2) is 4.95. The molecule has 1 unspecified atom stereocenters. The first-order chi connectivity index (χ1) is 8.84. The fourth-order valence-corrected chi connectivity index (χ4v) is 4.10. The highest BCUT2D eigenvalue weighted by atomic mass is 32.2. The lowest BCUT2D eigenvalue weighted by molar-refractivity contribution is 0.403. The van der Waals surface area contributed by atoms with Crippen molar-refractivity contribution in [2.24, 2.45) is 0 Å². The summed E-state index contributed by atoms with van der Waals surface area (Å²) in [6.45, 7) is 3.84. The SMILES string of the molecule is Cc1ccc(C(C)N(C)S(=O)(=O)c2cn[nH]c2N)s1. The summed E-state index contributed by atoms with van der Waals surface area (Å²) in [5.74, 6) is 0.0569. The molecule has 1 atom stereocenters. The topological polar surface area (TPSA) is 92.1 Å². The van der Waals surface area contributed by atoms with Gasteiger partial charge in [0.25, 0.3) is 0 Å². The summed E-state index contributed by atoms with van der Waals surface area (Å²) in [6, 6.07) is 3.66. The Morgan fingerprint density at radius 3 is 2.63 bits per heavy atom. The van der Waals surface area contributed by atoms with E-state index >= 15 is 0 Å². The fourth-order valence-electron chi connectivity index (χ4n) is 1.71. The second-order valence-corrected chi connectivity index (χ2v) is 7.58. The van der Waals surface area contributed by atoms with E-state index in [4.69, 9.17) is 5.73 Å². The number of nitrogens with zero attached hydrogens (tertiary/aromatic N) is 2. The van der Waals surface area contributed by atoms with E-state index in [1.54, 1.807) is 18.4 Å². The van der Waals surface area contributed by atoms with Crippen LogP contribution in [0.5, 0.6) is 0 Å². The number of rotatable bonds is 4. The van der Waals surface area contributed by atoms with Crippen LogP contribution in [0.15, 0.2) is 23.2 Å². The Hall–Kier alpha value is -1.38. The number of anilines is 1. The zero-order chi connectivity index (χ0) is 14.2. The van der Waals surface area contributed by atoms with Gasteiger partial charge >= 0.3 is 0 Å². The van der Waals surface area contributed by atoms with Gasteiger partial charge in [-0.2, -0.15) is 9.40 Å². The Balaban J connectivity index is 2.34. The Morgan fingerprint density at radius 2 is 2.16 bits per heavy atom. The number of nitrogen functional groups attached to an aromatic ring is 1. The van der Waals surface area contributed by atoms with Crippen LogP contribution in [0.25, 0.3) is 0 Å². The summed E-state index contributed by atoms with van der Waals surface area (Å²) in [5.41, 5.74) is 5.59. The van der Waals surface area contributed by atoms with Gasteiger partial charge in [0, 0.05) is 16.8 Å². The number of aryl methyl sites for hydroxylation is 1. The monoisotopic (exact) mass is 300 g/mol. The number of aromatic amines is 1. The van der Waals surface area contributed by atoms with Crippen LogP contribution in [0.3, 0.4) is 0 Å². The molecule has 104 valence electrons. The molecule has 0 amide bonds. The van der Waals surface area contributed by atoms with Gasteiger partial charge in [-0.15, -0.1) is 11.3 Å². The van der Waals surface area contributed by atoms with Gasteiger partial charge in [0.2, 0.25) is 10.0 Å². The minimum Gasteiger partial charge on any atom is -0.383 e. The van der Waals surface area contributed by atoms with Crippen LogP contribution in [-0.4, -0.2) is 30.0 Å². The number of H-pyrrole nitrogens is 1. The van der Waals surface area contributed by atoms with Gasteiger partial charge < -0.3 is 5.73 Å². The third-order valence-corrected chi connectivity index (χ3v) is 6.13. The predicted octanol–water partition coefficient (Wildman–Crippen LogP) is 1.74. The highest BCUT2D eigenvalue weighted by Crippen LogP contribution is 2.31. The van der Waals surface area contributed by atoms with E-state index in [0.29, 0.717) is 0 Å². The lowest BCUT2D eigenvalue weighted by Gasteiger charge is -2.22. The second-order valence-electron chi connectivity index (χ2n) is 4.29. The van der Waals surface area contributed by atoms with Crippen LogP contribution in [0.1, 0.15) is 22.7 Å². The van der Waals surface area contributed by atoms with Crippen molar-refractivity contribution in [1.82, 2.24) is 14.5 Å². The van der Waals surface area contributed by atoms with Crippen molar-refractivity contribution in [3.05, 3.63) is 28.1 Å². The van der Waals surface area contributed by atoms with Crippen LogP contribution in [0.2, 0.25) is 0 Å². The molecule has 0 fully saturated rings. The van der Waals surface area contributed by atoms with Gasteiger partial charge in [0.15, 0.2) is 0 Å². The number of sulfonamides is 1. The van der Waals surface area contributed by atoms with Crippen molar-refractivity contribution in [3.63, 3.8) is 0 Å². The Bertz CT molecular complexity index is 674. The minimum absolute atomic E-state index is 0.00938. The van der Waals surface area contributed by atoms with E-state index in [-0.39, 0.29) is 16.8 Å². The number of nitrogens with one attached hydrogen (secondary N) is 1. The van der Waals surface area contributed by atoms with Crippen LogP contribution in [0.4, 0.5) is 5.82 Å². The molecule has 8 heteroatoms. The molecule has 0 aromatic carbocycles. The van der Waals surface area contributed by atoms with E-state index in [0.717, 1.165) is 9.75 Å². The van der Waals surface area contributed by atoms with Crippen molar-refractivity contribution in [3.8, 4) is 0 Å². The maximum Gasteiger partial charge on any atom is 0.248 e. The standard InChI is InChI=1S/C11H16N4O2S2/c1-7-4-5-9(18-7)8(2)15(3)19(16,17)10-6-13-14-11(10)12/h4-6,8H,1-3H3,(H3,12,13,14). The molecule has 2 heterocycles. The average molecular weight is 300 g/mol. The van der Waals surface area contributed by atoms with Gasteiger partial charge in [-0.25, -0.2) is 8.42 Å². The molecule has 0 aliphatic rings. The summed E-state index contributed by atoms with van der Waals surface area (Å²) in [5, 5.41) is 6.09. The van der Waals surface area contributed by atoms with Crippen LogP contribution in [0, 0.1) is 6.92 Å². The molecular formula is C11H16N4O2S2. The van der Waals surface area contributed by atoms with Gasteiger partial charge in [-0.3, -0.25) is 5.10 Å². The summed E-state index contributed by atoms with van der Waals surface area (Å²) < 4.78 is 26.2. The van der Waals surface area contributed by atoms with E-state index in [1.807, 2.05) is 26.0 Å². The first-order valence-corrected chi connectivity index (χ1v) is 7.93. The van der Waals surface area contributed by atoms with Crippen molar-refractivity contribution in [2.75, 3.05) is 12.8 Å². The third-order valence-electron chi connectivity index (χ3n) is 3.01. The number of aromatic nitrogens is 2. The van der Waals surface area contributed by atoms with Gasteiger partial charge in [-0.1, -0.05) is 0 Å². The van der Waals surface area contributed by atoms with Gasteiger partial charge in [0.1, 0.15) is 10.7 Å². The molecular weight excluding hydrogens is 284 g/mol. The van der Waals surface area contributed by atoms with Gasteiger partial charge in [0.05, 0.1) is 12.2 Å². The van der Waals surface area contributed by atoms with Crippen LogP contribution in [-0.2, 0) is 10.0 Å². The van der Waals surface area contributed by atoms with Gasteiger partial charge in [-0.05, 0) is 26.0 Å². The summed E-state index contributed by atoms with van der Waals surface area (Å²) in [6.07, 6.45) is 1.23. The quantitative estimate of drug-likeness (QED) is 0.899. The van der Waals surface area contributed by atoms with E-state index in [2.05, 4.69) is 10.2 Å². The molecule has 19 heavy (non-hydrogen) atoms. The molecule has 0 saturated carbocycles. The molecule has 0 aliphatic heterocycles. The lowest BCUT2D eigenvalue weighted by atomic mass is 10.3. The number of hydrogen-bond acceptors (Lipinski definition) is 5. The van der Waals surface area contributed by atoms with Crippen molar-refractivity contribution in [2.45, 2.75) is 24.8 Å². The van der Waals surface area contributed by atoms with Crippen molar-refractivity contribution >= 4 is 27.2 Å². The molecule has 2 rings (SSSR count). The molecule has 0 saturated heterocycles. The van der Waals surface area contributed by atoms with E-state index < -0.39 is 10.0 Å². The smallest absolute Gasteiger partial charge is 0.248 e. The summed E-state index contributed by atoms with van der Waals surface area (Å²) in [4.78, 5) is 2.15. The number of thiophene rings is 1. The summed E-state index contributed by atoms with van der Waals surface area (Å²) in [7, 11) is -2.10. The molecule has 2 aromatic rings. The highest BCUT2D eigenvalue weighted by molar-refractivity contribution is 7.89. The zero-order valence-corrected chi connectivity index (χ0v) is 12.5. The zero-order valence-electron chi connectivity index (χ0n) is 10.9. The Labute approximate surface area is 116 Å². The maximum atomic E-state index is 12.4. The largest absolute Gasteiger partial charge is 0.383 e. The molecule has 0 radical (unpaired) electrons. The molecule has 0 aliphatic carbocycles. The lowest BCUT2D eigenvalue weighted by Crippen LogP contribution is -2.29. The number of nitrogens with two attached hydrogens (primary N) is 1. The Morgan fingerprint density at radius 1 is 1.47 bits per heavy atom. The molecule has 0 bridgehead atoms. The van der Waals surface area contributed by atoms with Crippen molar-refractivity contribution < 1.29 is 8.42 Å². The molecule has 2 aromatic heterocycles. The van der Waals surface area contributed by atoms with Crippen LogP contribution < -0.4 is 5.73 Å². The molecule has 6 nitrogen and oxygen atoms in total. The Kier molecular flexibility index (Phi) is 3.66. The van der Waals surface area contributed by atoms with Crippen molar-refractivity contribution in [1.29, 1.82) is 0 Å². The normalized spacial score (nSPS) is 13.9. The maximum absolute atomic E-state index is 12.4. The summed E-state index contributed by atoms with van der Waals surface area (Å²) >= 11 is 1.58. The highest BCUT2D eigenvalue weighted by Gasteiger charge is 2.29. The first-order valence-electron chi connectivity index (χ1n) is 5.67. The van der Waals surface area contributed by atoms with E-state index in [9.17, 15) is 8.42 Å². The predicted molar refractivity (Wildman–Crippen MR) is 75.4 cm³/mol. The van der Waals surface area contributed by atoms with E-state index in [1.165, 1.54) is 10.5 Å². The average Bonchev–Trinajstić information content (AvgIpc) is 2.96. The molecule has 3 N–H and O–H groups in total. The van der Waals surface area contributed by atoms with Crippen LogP contribution >= 0.6 is 11.3 Å². The minimum atomic E-state index is -3.64. The fraction of sp³-hybridized carbons (Fsp3) is 0.364. The number of hydrogen-bond donors (Lipinski definition) is 2. The first kappa shape index (κ1) is 14.0.